The number of benzene rings is 1. The van der Waals surface area contributed by atoms with E-state index in [1.165, 1.54) is 12.1 Å². The summed E-state index contributed by atoms with van der Waals surface area (Å²) in [5, 5.41) is 7.14. The molecule has 0 fully saturated rings. The van der Waals surface area contributed by atoms with Gasteiger partial charge in [-0.25, -0.2) is 0 Å². The molecular weight excluding hydrogens is 383 g/mol. The number of guanidine groups is 1. The number of hydrogen-bond donors (Lipinski definition) is 1. The van der Waals surface area contributed by atoms with Crippen LogP contribution in [0.25, 0.3) is 0 Å². The van der Waals surface area contributed by atoms with Gasteiger partial charge in [0.1, 0.15) is 0 Å². The van der Waals surface area contributed by atoms with E-state index in [-0.39, 0.29) is 5.92 Å². The van der Waals surface area contributed by atoms with Crippen LogP contribution in [0.4, 0.5) is 13.2 Å². The summed E-state index contributed by atoms with van der Waals surface area (Å²) >= 11 is 0. The van der Waals surface area contributed by atoms with Crippen molar-refractivity contribution in [1.82, 2.24) is 20.4 Å². The molecule has 0 aliphatic carbocycles. The minimum absolute atomic E-state index is 0.227. The van der Waals surface area contributed by atoms with Gasteiger partial charge in [0.25, 0.3) is 0 Å². The van der Waals surface area contributed by atoms with Crippen molar-refractivity contribution < 1.29 is 17.7 Å². The fraction of sp³-hybridized carbons (Fsp3) is 0.550. The second-order valence-electron chi connectivity index (χ2n) is 7.09. The molecule has 0 saturated carbocycles. The molecule has 0 aliphatic rings. The van der Waals surface area contributed by atoms with Gasteiger partial charge in [-0.3, -0.25) is 4.99 Å². The van der Waals surface area contributed by atoms with Crippen LogP contribution in [0, 0.1) is 0 Å². The zero-order valence-electron chi connectivity index (χ0n) is 17.3. The van der Waals surface area contributed by atoms with E-state index >= 15 is 0 Å². The van der Waals surface area contributed by atoms with Crippen LogP contribution < -0.4 is 5.32 Å². The summed E-state index contributed by atoms with van der Waals surface area (Å²) < 4.78 is 43.3. The molecule has 0 saturated heterocycles. The lowest BCUT2D eigenvalue weighted by Gasteiger charge is -2.22. The molecule has 0 unspecified atom stereocenters. The fourth-order valence-corrected chi connectivity index (χ4v) is 2.64. The van der Waals surface area contributed by atoms with Crippen LogP contribution in [0.15, 0.2) is 33.8 Å². The number of nitrogens with one attached hydrogen (secondary N) is 1. The number of aromatic nitrogens is 2. The summed E-state index contributed by atoms with van der Waals surface area (Å²) in [5.74, 6) is 2.23. The minimum Gasteiger partial charge on any atom is -0.357 e. The number of aryl methyl sites for hydroxylation is 1. The summed E-state index contributed by atoms with van der Waals surface area (Å²) in [4.78, 5) is 10.8. The molecule has 0 radical (unpaired) electrons. The van der Waals surface area contributed by atoms with Gasteiger partial charge in [0, 0.05) is 39.0 Å². The molecular formula is C20H28F3N5O. The molecule has 2 rings (SSSR count). The van der Waals surface area contributed by atoms with Gasteiger partial charge in [-0.15, -0.1) is 0 Å². The summed E-state index contributed by atoms with van der Waals surface area (Å²) in [6.07, 6.45) is -2.93. The second kappa shape index (κ2) is 10.3. The van der Waals surface area contributed by atoms with Gasteiger partial charge in [-0.1, -0.05) is 31.1 Å². The Labute approximate surface area is 169 Å². The number of nitrogens with zero attached hydrogens (tertiary/aromatic N) is 4. The lowest BCUT2D eigenvalue weighted by molar-refractivity contribution is -0.137. The molecule has 1 heterocycles. The second-order valence-corrected chi connectivity index (χ2v) is 7.09. The summed E-state index contributed by atoms with van der Waals surface area (Å²) in [7, 11) is 1.85. The molecule has 1 aromatic carbocycles. The lowest BCUT2D eigenvalue weighted by Crippen LogP contribution is -2.38. The molecule has 1 N–H and O–H groups in total. The topological polar surface area (TPSA) is 66.5 Å². The summed E-state index contributed by atoms with van der Waals surface area (Å²) in [6.45, 7) is 7.69. The van der Waals surface area contributed by atoms with E-state index in [1.54, 1.807) is 0 Å². The van der Waals surface area contributed by atoms with Crippen LogP contribution in [0.2, 0.25) is 0 Å². The predicted octanol–water partition coefficient (Wildman–Crippen LogP) is 4.24. The third-order valence-electron chi connectivity index (χ3n) is 4.21. The first-order valence-corrected chi connectivity index (χ1v) is 9.68. The normalized spacial score (nSPS) is 12.5. The smallest absolute Gasteiger partial charge is 0.357 e. The lowest BCUT2D eigenvalue weighted by atomic mass is 10.1. The first kappa shape index (κ1) is 22.7. The third-order valence-corrected chi connectivity index (χ3v) is 4.21. The Balaban J connectivity index is 1.91. The van der Waals surface area contributed by atoms with Gasteiger partial charge < -0.3 is 14.7 Å². The average Bonchev–Trinajstić information content (AvgIpc) is 3.13. The predicted molar refractivity (Wildman–Crippen MR) is 106 cm³/mol. The monoisotopic (exact) mass is 411 g/mol. The zero-order valence-corrected chi connectivity index (χ0v) is 17.3. The molecule has 0 amide bonds. The molecule has 0 bridgehead atoms. The van der Waals surface area contributed by atoms with Crippen LogP contribution in [0.5, 0.6) is 0 Å². The van der Waals surface area contributed by atoms with Gasteiger partial charge in [0.15, 0.2) is 11.8 Å². The molecule has 0 atom stereocenters. The van der Waals surface area contributed by atoms with Gasteiger partial charge in [0.2, 0.25) is 5.89 Å². The molecule has 1 aromatic heterocycles. The van der Waals surface area contributed by atoms with Crippen molar-refractivity contribution >= 4 is 5.96 Å². The molecule has 0 spiro atoms. The minimum atomic E-state index is -4.32. The van der Waals surface area contributed by atoms with Crippen molar-refractivity contribution in [3.63, 3.8) is 0 Å². The van der Waals surface area contributed by atoms with Gasteiger partial charge in [0.05, 0.1) is 5.56 Å². The van der Waals surface area contributed by atoms with E-state index in [0.717, 1.165) is 24.1 Å². The van der Waals surface area contributed by atoms with Crippen molar-refractivity contribution in [2.45, 2.75) is 52.3 Å². The van der Waals surface area contributed by atoms with E-state index < -0.39 is 11.7 Å². The first-order chi connectivity index (χ1) is 13.7. The van der Waals surface area contributed by atoms with Crippen LogP contribution in [-0.2, 0) is 19.1 Å². The maximum atomic E-state index is 12.7. The van der Waals surface area contributed by atoms with E-state index in [4.69, 9.17) is 4.52 Å². The van der Waals surface area contributed by atoms with Crippen LogP contribution in [-0.4, -0.2) is 41.1 Å². The SMILES string of the molecule is CCNC(=NCCCc1nc(C(C)C)no1)N(C)Cc1ccc(C(F)(F)F)cc1. The summed E-state index contributed by atoms with van der Waals surface area (Å²) in [6, 6.07) is 5.18. The highest BCUT2D eigenvalue weighted by molar-refractivity contribution is 5.79. The quantitative estimate of drug-likeness (QED) is 0.400. The number of alkyl halides is 3. The third kappa shape index (κ3) is 7.07. The number of rotatable bonds is 8. The van der Waals surface area contributed by atoms with Crippen LogP contribution in [0.1, 0.15) is 56.0 Å². The van der Waals surface area contributed by atoms with E-state index in [0.29, 0.717) is 43.7 Å². The molecule has 9 heteroatoms. The van der Waals surface area contributed by atoms with Crippen molar-refractivity contribution in [2.24, 2.45) is 4.99 Å². The number of hydrogen-bond acceptors (Lipinski definition) is 4. The van der Waals surface area contributed by atoms with Crippen molar-refractivity contribution in [3.05, 3.63) is 47.1 Å². The molecule has 160 valence electrons. The number of aliphatic imine (C=N–C) groups is 1. The van der Waals surface area contributed by atoms with Crippen molar-refractivity contribution in [2.75, 3.05) is 20.1 Å². The maximum Gasteiger partial charge on any atom is 0.416 e. The Morgan fingerprint density at radius 3 is 2.48 bits per heavy atom. The maximum absolute atomic E-state index is 12.7. The standard InChI is InChI=1S/C20H28F3N5O/c1-5-24-19(25-12-6-7-17-26-18(14(2)3)27-29-17)28(4)13-15-8-10-16(11-9-15)20(21,22)23/h8-11,14H,5-7,12-13H2,1-4H3,(H,24,25). The van der Waals surface area contributed by atoms with E-state index in [9.17, 15) is 13.2 Å². The molecule has 6 nitrogen and oxygen atoms in total. The van der Waals surface area contributed by atoms with Crippen molar-refractivity contribution in [1.29, 1.82) is 0 Å². The van der Waals surface area contributed by atoms with Crippen LogP contribution in [0.3, 0.4) is 0 Å². The molecule has 0 aliphatic heterocycles. The Hall–Kier alpha value is -2.58. The van der Waals surface area contributed by atoms with Crippen molar-refractivity contribution in [3.8, 4) is 0 Å². The summed E-state index contributed by atoms with van der Waals surface area (Å²) in [5.41, 5.74) is 0.129. The highest BCUT2D eigenvalue weighted by atomic mass is 19.4. The van der Waals surface area contributed by atoms with Gasteiger partial charge >= 0.3 is 6.18 Å². The highest BCUT2D eigenvalue weighted by Gasteiger charge is 2.29. The Bertz CT molecular complexity index is 784. The highest BCUT2D eigenvalue weighted by Crippen LogP contribution is 2.29. The van der Waals surface area contributed by atoms with E-state index in [2.05, 4.69) is 20.4 Å². The largest absolute Gasteiger partial charge is 0.416 e. The zero-order chi connectivity index (χ0) is 21.4. The molecule has 29 heavy (non-hydrogen) atoms. The van der Waals surface area contributed by atoms with E-state index in [1.807, 2.05) is 32.7 Å². The first-order valence-electron chi connectivity index (χ1n) is 9.68. The number of halogens is 3. The van der Waals surface area contributed by atoms with Crippen LogP contribution >= 0.6 is 0 Å². The Morgan fingerprint density at radius 2 is 1.93 bits per heavy atom. The molecule has 2 aromatic rings. The van der Waals surface area contributed by atoms with Gasteiger partial charge in [-0.05, 0) is 31.0 Å². The Kier molecular flexibility index (Phi) is 8.04. The fourth-order valence-electron chi connectivity index (χ4n) is 2.64. The average molecular weight is 411 g/mol. The van der Waals surface area contributed by atoms with Gasteiger partial charge in [-0.2, -0.15) is 18.2 Å². The Morgan fingerprint density at radius 1 is 1.24 bits per heavy atom.